The van der Waals surface area contributed by atoms with E-state index in [9.17, 15) is 0 Å². The second-order valence-electron chi connectivity index (χ2n) is 4.25. The first-order valence-corrected chi connectivity index (χ1v) is 5.87. The van der Waals surface area contributed by atoms with Crippen LogP contribution in [0.2, 0.25) is 0 Å². The highest BCUT2D eigenvalue weighted by atomic mass is 16.5. The molecule has 2 rings (SSSR count). The Labute approximate surface area is 91.7 Å². The van der Waals surface area contributed by atoms with E-state index in [4.69, 9.17) is 4.74 Å². The number of rotatable bonds is 4. The molecule has 1 unspecified atom stereocenters. The van der Waals surface area contributed by atoms with Crippen LogP contribution in [0.4, 0.5) is 0 Å². The summed E-state index contributed by atoms with van der Waals surface area (Å²) < 4.78 is 5.26. The molecule has 82 valence electrons. The Morgan fingerprint density at radius 2 is 2.20 bits per heavy atom. The third-order valence-corrected chi connectivity index (χ3v) is 3.31. The molecule has 2 heterocycles. The summed E-state index contributed by atoms with van der Waals surface area (Å²) in [5, 5.41) is 0. The van der Waals surface area contributed by atoms with E-state index in [0.29, 0.717) is 11.8 Å². The van der Waals surface area contributed by atoms with E-state index in [2.05, 4.69) is 31.0 Å². The number of hydrogen-bond acceptors (Lipinski definition) is 2. The minimum absolute atomic E-state index is 0.636. The number of aryl methyl sites for hydroxylation is 1. The van der Waals surface area contributed by atoms with Gasteiger partial charge in [-0.2, -0.15) is 0 Å². The van der Waals surface area contributed by atoms with E-state index in [1.807, 2.05) is 6.20 Å². The van der Waals surface area contributed by atoms with Crippen LogP contribution >= 0.6 is 0 Å². The van der Waals surface area contributed by atoms with Crippen molar-refractivity contribution in [1.82, 2.24) is 4.98 Å². The van der Waals surface area contributed by atoms with Crippen LogP contribution in [0.1, 0.15) is 37.4 Å². The third-order valence-electron chi connectivity index (χ3n) is 3.31. The lowest BCUT2D eigenvalue weighted by atomic mass is 9.83. The highest BCUT2D eigenvalue weighted by Gasteiger charge is 2.28. The van der Waals surface area contributed by atoms with Crippen LogP contribution in [0.5, 0.6) is 0 Å². The van der Waals surface area contributed by atoms with Gasteiger partial charge in [0, 0.05) is 17.8 Å². The zero-order valence-electron chi connectivity index (χ0n) is 9.57. The molecule has 0 spiro atoms. The largest absolute Gasteiger partial charge is 0.381 e. The molecule has 0 saturated carbocycles. The third kappa shape index (κ3) is 2.20. The van der Waals surface area contributed by atoms with E-state index in [-0.39, 0.29) is 0 Å². The van der Waals surface area contributed by atoms with E-state index in [0.717, 1.165) is 19.6 Å². The summed E-state index contributed by atoms with van der Waals surface area (Å²) in [4.78, 5) is 4.47. The quantitative estimate of drug-likeness (QED) is 0.754. The van der Waals surface area contributed by atoms with Gasteiger partial charge in [0.05, 0.1) is 13.2 Å². The van der Waals surface area contributed by atoms with Gasteiger partial charge in [0.2, 0.25) is 0 Å². The van der Waals surface area contributed by atoms with Gasteiger partial charge in [-0.05, 0) is 30.4 Å². The lowest BCUT2D eigenvalue weighted by Gasteiger charge is -2.33. The summed E-state index contributed by atoms with van der Waals surface area (Å²) in [6, 6.07) is 4.38. The van der Waals surface area contributed by atoms with Crippen molar-refractivity contribution in [3.63, 3.8) is 0 Å². The fraction of sp³-hybridized carbons (Fsp3) is 0.615. The van der Waals surface area contributed by atoms with Crippen molar-refractivity contribution in [2.24, 2.45) is 5.92 Å². The van der Waals surface area contributed by atoms with E-state index in [1.165, 1.54) is 17.7 Å². The van der Waals surface area contributed by atoms with Crippen LogP contribution in [0.25, 0.3) is 0 Å². The van der Waals surface area contributed by atoms with Crippen molar-refractivity contribution in [3.05, 3.63) is 29.6 Å². The van der Waals surface area contributed by atoms with Gasteiger partial charge in [-0.3, -0.25) is 4.98 Å². The molecule has 0 radical (unpaired) electrons. The van der Waals surface area contributed by atoms with Crippen molar-refractivity contribution in [2.75, 3.05) is 13.2 Å². The first-order valence-electron chi connectivity index (χ1n) is 5.87. The lowest BCUT2D eigenvalue weighted by Crippen LogP contribution is -2.33. The summed E-state index contributed by atoms with van der Waals surface area (Å²) in [7, 11) is 0. The molecule has 2 heteroatoms. The number of aromatic nitrogens is 1. The van der Waals surface area contributed by atoms with Crippen LogP contribution in [-0.4, -0.2) is 18.2 Å². The minimum atomic E-state index is 0.636. The smallest absolute Gasteiger partial charge is 0.0522 e. The second kappa shape index (κ2) is 4.75. The Morgan fingerprint density at radius 3 is 2.60 bits per heavy atom. The van der Waals surface area contributed by atoms with Gasteiger partial charge in [-0.15, -0.1) is 0 Å². The molecule has 1 aliphatic rings. The molecule has 0 aromatic carbocycles. The summed E-state index contributed by atoms with van der Waals surface area (Å²) in [5.74, 6) is 1.35. The Bertz CT molecular complexity index is 303. The molecule has 15 heavy (non-hydrogen) atoms. The molecule has 0 aliphatic carbocycles. The number of hydrogen-bond donors (Lipinski definition) is 0. The molecule has 1 atom stereocenters. The van der Waals surface area contributed by atoms with Crippen LogP contribution in [-0.2, 0) is 11.2 Å². The van der Waals surface area contributed by atoms with Gasteiger partial charge >= 0.3 is 0 Å². The highest BCUT2D eigenvalue weighted by molar-refractivity contribution is 5.19. The molecular formula is C13H19NO. The molecule has 1 aromatic heterocycles. The maximum absolute atomic E-state index is 5.26. The molecular weight excluding hydrogens is 186 g/mol. The summed E-state index contributed by atoms with van der Waals surface area (Å²) in [6.07, 6.45) is 4.25. The Hall–Kier alpha value is -0.890. The zero-order chi connectivity index (χ0) is 10.7. The van der Waals surface area contributed by atoms with Gasteiger partial charge in [0.1, 0.15) is 0 Å². The van der Waals surface area contributed by atoms with Gasteiger partial charge in [-0.25, -0.2) is 0 Å². The first-order chi connectivity index (χ1) is 7.35. The second-order valence-corrected chi connectivity index (χ2v) is 4.25. The Balaban J connectivity index is 2.11. The molecule has 1 aliphatic heterocycles. The van der Waals surface area contributed by atoms with Crippen LogP contribution in [0, 0.1) is 5.92 Å². The topological polar surface area (TPSA) is 22.1 Å². The van der Waals surface area contributed by atoms with Crippen LogP contribution in [0.3, 0.4) is 0 Å². The highest BCUT2D eigenvalue weighted by Crippen LogP contribution is 2.32. The number of ether oxygens (including phenoxy) is 1. The summed E-state index contributed by atoms with van der Waals surface area (Å²) in [6.45, 7) is 6.23. The van der Waals surface area contributed by atoms with Gasteiger partial charge in [0.25, 0.3) is 0 Å². The predicted octanol–water partition coefficient (Wildman–Crippen LogP) is 2.78. The molecule has 1 aromatic rings. The first kappa shape index (κ1) is 10.6. The lowest BCUT2D eigenvalue weighted by molar-refractivity contribution is -0.0456. The van der Waals surface area contributed by atoms with E-state index < -0.39 is 0 Å². The van der Waals surface area contributed by atoms with E-state index in [1.54, 1.807) is 0 Å². The average molecular weight is 205 g/mol. The normalized spacial score (nSPS) is 18.5. The molecule has 0 bridgehead atoms. The molecule has 0 N–H and O–H groups in total. The van der Waals surface area contributed by atoms with Gasteiger partial charge in [-0.1, -0.05) is 19.9 Å². The SMILES string of the molecule is CCc1ccc(C(CC)C2COC2)cn1. The van der Waals surface area contributed by atoms with Crippen LogP contribution < -0.4 is 0 Å². The average Bonchev–Trinajstić information content (AvgIpc) is 2.23. The molecule has 1 fully saturated rings. The van der Waals surface area contributed by atoms with Crippen LogP contribution in [0.15, 0.2) is 18.3 Å². The summed E-state index contributed by atoms with van der Waals surface area (Å²) in [5.41, 5.74) is 2.56. The maximum atomic E-state index is 5.26. The van der Waals surface area contributed by atoms with Crippen molar-refractivity contribution in [2.45, 2.75) is 32.6 Å². The van der Waals surface area contributed by atoms with Crippen molar-refractivity contribution in [3.8, 4) is 0 Å². The zero-order valence-corrected chi connectivity index (χ0v) is 9.57. The van der Waals surface area contributed by atoms with Gasteiger partial charge in [0.15, 0.2) is 0 Å². The molecule has 1 saturated heterocycles. The fourth-order valence-corrected chi connectivity index (χ4v) is 2.19. The maximum Gasteiger partial charge on any atom is 0.0522 e. The van der Waals surface area contributed by atoms with Crippen molar-refractivity contribution < 1.29 is 4.74 Å². The van der Waals surface area contributed by atoms with Crippen molar-refractivity contribution >= 4 is 0 Å². The predicted molar refractivity (Wildman–Crippen MR) is 61.0 cm³/mol. The van der Waals surface area contributed by atoms with Crippen molar-refractivity contribution in [1.29, 1.82) is 0 Å². The standard InChI is InChI=1S/C13H19NO/c1-3-12-6-5-10(7-14-12)13(4-2)11-8-15-9-11/h5-7,11,13H,3-4,8-9H2,1-2H3. The number of nitrogens with zero attached hydrogens (tertiary/aromatic N) is 1. The Morgan fingerprint density at radius 1 is 1.40 bits per heavy atom. The van der Waals surface area contributed by atoms with Gasteiger partial charge < -0.3 is 4.74 Å². The number of pyridine rings is 1. The monoisotopic (exact) mass is 205 g/mol. The molecule has 0 amide bonds. The fourth-order valence-electron chi connectivity index (χ4n) is 2.19. The Kier molecular flexibility index (Phi) is 3.37. The minimum Gasteiger partial charge on any atom is -0.381 e. The van der Waals surface area contributed by atoms with E-state index >= 15 is 0 Å². The molecule has 2 nitrogen and oxygen atoms in total. The summed E-state index contributed by atoms with van der Waals surface area (Å²) >= 11 is 0.